The highest BCUT2D eigenvalue weighted by atomic mass is 16.4. The molecule has 2 rings (SSSR count). The molecule has 0 aromatic carbocycles. The quantitative estimate of drug-likeness (QED) is 0.443. The topological polar surface area (TPSA) is 49.3 Å². The number of unbranched alkanes of at least 4 members (excludes halogenated alkanes) is 6. The molecule has 0 atom stereocenters. The minimum Gasteiger partial charge on any atom is -0.481 e. The van der Waals surface area contributed by atoms with Gasteiger partial charge in [-0.15, -0.1) is 0 Å². The molecule has 2 aliphatic carbocycles. The zero-order valence-corrected chi connectivity index (χ0v) is 16.7. The minimum absolute atomic E-state index is 0.341. The highest BCUT2D eigenvalue weighted by Crippen LogP contribution is 2.22. The van der Waals surface area contributed by atoms with E-state index in [0.717, 1.165) is 24.9 Å². The molecule has 0 saturated heterocycles. The highest BCUT2D eigenvalue weighted by molar-refractivity contribution is 5.66. The SMILES string of the molecule is C1CCC(NC2CCCCC2)CC1.CCCCCCCCCC(=O)O. The van der Waals surface area contributed by atoms with Gasteiger partial charge in [0.2, 0.25) is 0 Å². The standard InChI is InChI=1S/C12H23N.C10H20O2/c1-3-7-11(8-4-1)13-12-9-5-2-6-10-12;1-2-3-4-5-6-7-8-9-10(11)12/h11-13H,1-10H2;2-9H2,1H3,(H,11,12). The van der Waals surface area contributed by atoms with Gasteiger partial charge < -0.3 is 10.4 Å². The molecule has 0 heterocycles. The molecule has 148 valence electrons. The summed E-state index contributed by atoms with van der Waals surface area (Å²) in [5.74, 6) is -0.663. The maximum atomic E-state index is 10.1. The summed E-state index contributed by atoms with van der Waals surface area (Å²) in [7, 11) is 0. The van der Waals surface area contributed by atoms with Crippen LogP contribution in [0.4, 0.5) is 0 Å². The first-order valence-electron chi connectivity index (χ1n) is 11.2. The smallest absolute Gasteiger partial charge is 0.303 e. The first-order chi connectivity index (χ1) is 12.2. The third-order valence-electron chi connectivity index (χ3n) is 5.68. The van der Waals surface area contributed by atoms with Crippen LogP contribution in [0.3, 0.4) is 0 Å². The number of hydrogen-bond acceptors (Lipinski definition) is 2. The zero-order valence-electron chi connectivity index (χ0n) is 16.7. The van der Waals surface area contributed by atoms with Crippen molar-refractivity contribution in [1.29, 1.82) is 0 Å². The van der Waals surface area contributed by atoms with Gasteiger partial charge in [-0.05, 0) is 32.1 Å². The second-order valence-electron chi connectivity index (χ2n) is 8.10. The molecule has 0 aromatic heterocycles. The first-order valence-corrected chi connectivity index (χ1v) is 11.2. The molecular formula is C22H43NO2. The fraction of sp³-hybridized carbons (Fsp3) is 0.955. The molecule has 2 aliphatic rings. The Labute approximate surface area is 156 Å². The van der Waals surface area contributed by atoms with Gasteiger partial charge in [-0.2, -0.15) is 0 Å². The van der Waals surface area contributed by atoms with Crippen molar-refractivity contribution in [3.8, 4) is 0 Å². The minimum atomic E-state index is -0.663. The van der Waals surface area contributed by atoms with Crippen molar-refractivity contribution in [2.45, 2.75) is 135 Å². The Morgan fingerprint density at radius 2 is 1.20 bits per heavy atom. The molecule has 25 heavy (non-hydrogen) atoms. The van der Waals surface area contributed by atoms with Crippen LogP contribution in [0.2, 0.25) is 0 Å². The predicted octanol–water partition coefficient (Wildman–Crippen LogP) is 6.45. The third-order valence-corrected chi connectivity index (χ3v) is 5.68. The highest BCUT2D eigenvalue weighted by Gasteiger charge is 2.19. The van der Waals surface area contributed by atoms with Gasteiger partial charge in [0.15, 0.2) is 0 Å². The van der Waals surface area contributed by atoms with E-state index in [1.807, 2.05) is 0 Å². The van der Waals surface area contributed by atoms with Crippen LogP contribution < -0.4 is 5.32 Å². The van der Waals surface area contributed by atoms with E-state index < -0.39 is 5.97 Å². The normalized spacial score (nSPS) is 19.2. The Morgan fingerprint density at radius 1 is 0.760 bits per heavy atom. The average Bonchev–Trinajstić information content (AvgIpc) is 2.63. The molecule has 0 unspecified atom stereocenters. The summed E-state index contributed by atoms with van der Waals surface area (Å²) in [5.41, 5.74) is 0. The Balaban J connectivity index is 0.000000252. The molecule has 0 bridgehead atoms. The van der Waals surface area contributed by atoms with E-state index in [1.165, 1.54) is 96.3 Å². The Hall–Kier alpha value is -0.570. The largest absolute Gasteiger partial charge is 0.481 e. The predicted molar refractivity (Wildman–Crippen MR) is 107 cm³/mol. The molecule has 3 heteroatoms. The Morgan fingerprint density at radius 3 is 1.64 bits per heavy atom. The molecule has 0 amide bonds. The monoisotopic (exact) mass is 353 g/mol. The van der Waals surface area contributed by atoms with E-state index in [9.17, 15) is 4.79 Å². The fourth-order valence-electron chi connectivity index (χ4n) is 4.11. The van der Waals surface area contributed by atoms with Gasteiger partial charge in [-0.25, -0.2) is 0 Å². The molecule has 2 saturated carbocycles. The van der Waals surface area contributed by atoms with Crippen LogP contribution in [0.5, 0.6) is 0 Å². The van der Waals surface area contributed by atoms with E-state index in [4.69, 9.17) is 5.11 Å². The summed E-state index contributed by atoms with van der Waals surface area (Å²) in [4.78, 5) is 10.1. The number of aliphatic carboxylic acids is 1. The number of carboxylic acids is 1. The summed E-state index contributed by atoms with van der Waals surface area (Å²) in [6, 6.07) is 1.74. The number of hydrogen-bond donors (Lipinski definition) is 2. The Kier molecular flexibility index (Phi) is 14.1. The van der Waals surface area contributed by atoms with E-state index in [1.54, 1.807) is 0 Å². The molecule has 0 radical (unpaired) electrons. The van der Waals surface area contributed by atoms with Gasteiger partial charge >= 0.3 is 5.97 Å². The maximum Gasteiger partial charge on any atom is 0.303 e. The molecule has 0 aromatic rings. The van der Waals surface area contributed by atoms with Crippen LogP contribution in [-0.4, -0.2) is 23.2 Å². The van der Waals surface area contributed by atoms with Crippen LogP contribution in [0.1, 0.15) is 122 Å². The number of rotatable bonds is 10. The van der Waals surface area contributed by atoms with Crippen molar-refractivity contribution >= 4 is 5.97 Å². The van der Waals surface area contributed by atoms with E-state index in [-0.39, 0.29) is 0 Å². The number of nitrogens with one attached hydrogen (secondary N) is 1. The maximum absolute atomic E-state index is 10.1. The van der Waals surface area contributed by atoms with Crippen molar-refractivity contribution in [2.75, 3.05) is 0 Å². The zero-order chi connectivity index (χ0) is 18.2. The first kappa shape index (κ1) is 22.5. The van der Waals surface area contributed by atoms with Gasteiger partial charge in [0, 0.05) is 18.5 Å². The van der Waals surface area contributed by atoms with E-state index in [2.05, 4.69) is 12.2 Å². The number of carbonyl (C=O) groups is 1. The Bertz CT molecular complexity index is 291. The van der Waals surface area contributed by atoms with Gasteiger partial charge in [-0.3, -0.25) is 4.79 Å². The summed E-state index contributed by atoms with van der Waals surface area (Å²) in [6.45, 7) is 2.20. The van der Waals surface area contributed by atoms with Crippen molar-refractivity contribution in [2.24, 2.45) is 0 Å². The summed E-state index contributed by atoms with van der Waals surface area (Å²) in [6.07, 6.45) is 23.2. The lowest BCUT2D eigenvalue weighted by Gasteiger charge is -2.30. The molecule has 0 spiro atoms. The van der Waals surface area contributed by atoms with Crippen LogP contribution in [0.15, 0.2) is 0 Å². The summed E-state index contributed by atoms with van der Waals surface area (Å²) >= 11 is 0. The van der Waals surface area contributed by atoms with Crippen molar-refractivity contribution in [3.63, 3.8) is 0 Å². The van der Waals surface area contributed by atoms with E-state index >= 15 is 0 Å². The van der Waals surface area contributed by atoms with Gasteiger partial charge in [0.25, 0.3) is 0 Å². The van der Waals surface area contributed by atoms with Crippen LogP contribution >= 0.6 is 0 Å². The number of carboxylic acid groups (broad SMARTS) is 1. The van der Waals surface area contributed by atoms with Crippen molar-refractivity contribution in [1.82, 2.24) is 5.32 Å². The van der Waals surface area contributed by atoms with Crippen LogP contribution in [0, 0.1) is 0 Å². The van der Waals surface area contributed by atoms with Crippen molar-refractivity contribution in [3.05, 3.63) is 0 Å². The second kappa shape index (κ2) is 15.7. The van der Waals surface area contributed by atoms with Crippen molar-refractivity contribution < 1.29 is 9.90 Å². The lowest BCUT2D eigenvalue weighted by molar-refractivity contribution is -0.137. The molecular weight excluding hydrogens is 310 g/mol. The fourth-order valence-corrected chi connectivity index (χ4v) is 4.11. The van der Waals surface area contributed by atoms with Crippen LogP contribution in [0.25, 0.3) is 0 Å². The van der Waals surface area contributed by atoms with E-state index in [0.29, 0.717) is 6.42 Å². The van der Waals surface area contributed by atoms with Gasteiger partial charge in [0.05, 0.1) is 0 Å². The third kappa shape index (κ3) is 13.3. The van der Waals surface area contributed by atoms with Gasteiger partial charge in [-0.1, -0.05) is 84.0 Å². The lowest BCUT2D eigenvalue weighted by atomic mass is 9.91. The summed E-state index contributed by atoms with van der Waals surface area (Å²) in [5, 5.41) is 12.2. The second-order valence-corrected chi connectivity index (χ2v) is 8.10. The molecule has 2 fully saturated rings. The lowest BCUT2D eigenvalue weighted by Crippen LogP contribution is -2.40. The van der Waals surface area contributed by atoms with Gasteiger partial charge in [0.1, 0.15) is 0 Å². The molecule has 3 nitrogen and oxygen atoms in total. The van der Waals surface area contributed by atoms with Crippen LogP contribution in [-0.2, 0) is 4.79 Å². The molecule has 2 N–H and O–H groups in total. The summed E-state index contributed by atoms with van der Waals surface area (Å²) < 4.78 is 0. The average molecular weight is 354 g/mol. The molecule has 0 aliphatic heterocycles.